The molecule has 134 valence electrons. The Balaban J connectivity index is 2.26. The first kappa shape index (κ1) is 19.1. The van der Waals surface area contributed by atoms with Gasteiger partial charge in [0, 0.05) is 18.7 Å². The number of nitrogen functional groups attached to an aromatic ring is 1. The van der Waals surface area contributed by atoms with E-state index in [1.54, 1.807) is 6.26 Å². The number of fused-ring (bicyclic) bond motifs is 1. The summed E-state index contributed by atoms with van der Waals surface area (Å²) in [6.07, 6.45) is 8.20. The molecule has 0 spiro atoms. The summed E-state index contributed by atoms with van der Waals surface area (Å²) in [5, 5.41) is 0. The molecule has 0 aromatic carbocycles. The van der Waals surface area contributed by atoms with Crippen molar-refractivity contribution in [3.63, 3.8) is 0 Å². The van der Waals surface area contributed by atoms with Gasteiger partial charge in [0.2, 0.25) is 0 Å². The first-order chi connectivity index (χ1) is 11.5. The zero-order valence-corrected chi connectivity index (χ0v) is 16.2. The van der Waals surface area contributed by atoms with Crippen molar-refractivity contribution in [2.24, 2.45) is 0 Å². The molecule has 0 saturated heterocycles. The van der Waals surface area contributed by atoms with Gasteiger partial charge in [-0.05, 0) is 45.1 Å². The van der Waals surface area contributed by atoms with E-state index in [4.69, 9.17) is 10.7 Å². The van der Waals surface area contributed by atoms with E-state index in [9.17, 15) is 4.55 Å². The Morgan fingerprint density at radius 1 is 1.12 bits per heavy atom. The van der Waals surface area contributed by atoms with Crippen molar-refractivity contribution in [2.45, 2.75) is 65.8 Å². The summed E-state index contributed by atoms with van der Waals surface area (Å²) < 4.78 is 13.5. The number of aryl methyl sites for hydroxylation is 4. The van der Waals surface area contributed by atoms with Crippen LogP contribution in [-0.4, -0.2) is 31.1 Å². The molecular formula is C18H30N4OS. The SMILES string of the molecule is CCCCc1nc2c(N)nc(C)c(C)c2n1CCCCC[S+](C)[O-]. The van der Waals surface area contributed by atoms with Gasteiger partial charge < -0.3 is 14.9 Å². The normalized spacial score (nSPS) is 12.9. The van der Waals surface area contributed by atoms with Crippen LogP contribution in [0.4, 0.5) is 5.82 Å². The van der Waals surface area contributed by atoms with Crippen molar-refractivity contribution in [3.8, 4) is 0 Å². The molecule has 0 radical (unpaired) electrons. The van der Waals surface area contributed by atoms with Crippen LogP contribution < -0.4 is 5.73 Å². The van der Waals surface area contributed by atoms with E-state index in [0.717, 1.165) is 73.4 Å². The summed E-state index contributed by atoms with van der Waals surface area (Å²) in [6.45, 7) is 7.25. The minimum Gasteiger partial charge on any atom is -0.617 e. The lowest BCUT2D eigenvalue weighted by Gasteiger charge is -2.12. The second-order valence-electron chi connectivity index (χ2n) is 6.53. The van der Waals surface area contributed by atoms with Crippen LogP contribution in [0.5, 0.6) is 0 Å². The van der Waals surface area contributed by atoms with Crippen molar-refractivity contribution in [2.75, 3.05) is 17.7 Å². The fourth-order valence-corrected chi connectivity index (χ4v) is 3.68. The van der Waals surface area contributed by atoms with Crippen LogP contribution in [0.2, 0.25) is 0 Å². The number of pyridine rings is 1. The molecule has 6 heteroatoms. The van der Waals surface area contributed by atoms with Crippen LogP contribution >= 0.6 is 0 Å². The molecule has 0 aliphatic carbocycles. The van der Waals surface area contributed by atoms with Gasteiger partial charge in [0.05, 0.1) is 11.8 Å². The van der Waals surface area contributed by atoms with E-state index in [1.807, 2.05) is 6.92 Å². The molecule has 5 nitrogen and oxygen atoms in total. The molecule has 1 atom stereocenters. The molecule has 0 aliphatic heterocycles. The number of nitrogens with two attached hydrogens (primary N) is 1. The third-order valence-electron chi connectivity index (χ3n) is 4.54. The third kappa shape index (κ3) is 4.42. The summed E-state index contributed by atoms with van der Waals surface area (Å²) >= 11 is -0.690. The van der Waals surface area contributed by atoms with Crippen LogP contribution in [0.25, 0.3) is 11.0 Å². The Labute approximate surface area is 148 Å². The van der Waals surface area contributed by atoms with Gasteiger partial charge in [-0.15, -0.1) is 0 Å². The molecule has 0 saturated carbocycles. The van der Waals surface area contributed by atoms with Crippen LogP contribution in [0, 0.1) is 13.8 Å². The highest BCUT2D eigenvalue weighted by Gasteiger charge is 2.17. The Hall–Kier alpha value is -1.27. The number of rotatable bonds is 9. The van der Waals surface area contributed by atoms with Crippen LogP contribution in [0.15, 0.2) is 0 Å². The monoisotopic (exact) mass is 350 g/mol. The lowest BCUT2D eigenvalue weighted by Crippen LogP contribution is -2.07. The average Bonchev–Trinajstić information content (AvgIpc) is 2.89. The largest absolute Gasteiger partial charge is 0.617 e. The molecule has 0 aliphatic rings. The van der Waals surface area contributed by atoms with Gasteiger partial charge in [0.25, 0.3) is 0 Å². The number of hydrogen-bond donors (Lipinski definition) is 1. The Morgan fingerprint density at radius 2 is 1.88 bits per heavy atom. The minimum atomic E-state index is -0.690. The summed E-state index contributed by atoms with van der Waals surface area (Å²) in [7, 11) is 0. The third-order valence-corrected chi connectivity index (χ3v) is 5.41. The second-order valence-corrected chi connectivity index (χ2v) is 8.08. The molecular weight excluding hydrogens is 320 g/mol. The molecule has 2 N–H and O–H groups in total. The first-order valence-electron chi connectivity index (χ1n) is 8.87. The van der Waals surface area contributed by atoms with E-state index in [1.165, 1.54) is 5.56 Å². The lowest BCUT2D eigenvalue weighted by molar-refractivity contribution is 0.571. The maximum absolute atomic E-state index is 11.2. The van der Waals surface area contributed by atoms with Crippen LogP contribution in [-0.2, 0) is 24.1 Å². The molecule has 0 amide bonds. The molecule has 2 aromatic rings. The van der Waals surface area contributed by atoms with Crippen molar-refractivity contribution < 1.29 is 4.55 Å². The van der Waals surface area contributed by atoms with Crippen molar-refractivity contribution in [1.82, 2.24) is 14.5 Å². The maximum Gasteiger partial charge on any atom is 0.151 e. The first-order valence-corrected chi connectivity index (χ1v) is 10.6. The molecule has 0 fully saturated rings. The highest BCUT2D eigenvalue weighted by molar-refractivity contribution is 7.90. The fraction of sp³-hybridized carbons (Fsp3) is 0.667. The Bertz CT molecular complexity index is 681. The lowest BCUT2D eigenvalue weighted by atomic mass is 10.1. The number of aromatic nitrogens is 3. The topological polar surface area (TPSA) is 79.8 Å². The number of unbranched alkanes of at least 4 members (excludes halogenated alkanes) is 3. The molecule has 2 aromatic heterocycles. The summed E-state index contributed by atoms with van der Waals surface area (Å²) in [5.41, 5.74) is 10.3. The van der Waals surface area contributed by atoms with E-state index >= 15 is 0 Å². The van der Waals surface area contributed by atoms with Crippen LogP contribution in [0.3, 0.4) is 0 Å². The van der Waals surface area contributed by atoms with Gasteiger partial charge in [-0.3, -0.25) is 0 Å². The standard InChI is InChI=1S/C18H30N4OS/c1-5-6-10-15-21-16-17(13(2)14(3)20-18(16)19)22(15)11-8-7-9-12-24(4)23/h5-12H2,1-4H3,(H2,19,20). The second kappa shape index (κ2) is 8.72. The van der Waals surface area contributed by atoms with Gasteiger partial charge >= 0.3 is 0 Å². The van der Waals surface area contributed by atoms with E-state index in [2.05, 4.69) is 23.4 Å². The van der Waals surface area contributed by atoms with E-state index < -0.39 is 11.2 Å². The molecule has 0 bridgehead atoms. The Kier molecular flexibility index (Phi) is 6.92. The number of imidazole rings is 1. The highest BCUT2D eigenvalue weighted by atomic mass is 32.2. The molecule has 1 unspecified atom stereocenters. The van der Waals surface area contributed by atoms with Gasteiger partial charge in [-0.25, -0.2) is 9.97 Å². The zero-order valence-electron chi connectivity index (χ0n) is 15.4. The highest BCUT2D eigenvalue weighted by Crippen LogP contribution is 2.27. The van der Waals surface area contributed by atoms with Gasteiger partial charge in [-0.1, -0.05) is 24.5 Å². The molecule has 2 rings (SSSR count). The van der Waals surface area contributed by atoms with Gasteiger partial charge in [-0.2, -0.15) is 0 Å². The van der Waals surface area contributed by atoms with E-state index in [-0.39, 0.29) is 0 Å². The van der Waals surface area contributed by atoms with Gasteiger partial charge in [0.1, 0.15) is 17.1 Å². The van der Waals surface area contributed by atoms with Crippen molar-refractivity contribution in [3.05, 3.63) is 17.1 Å². The summed E-state index contributed by atoms with van der Waals surface area (Å²) in [5.74, 6) is 2.45. The smallest absolute Gasteiger partial charge is 0.151 e. The molecule has 24 heavy (non-hydrogen) atoms. The van der Waals surface area contributed by atoms with Crippen LogP contribution in [0.1, 0.15) is 56.1 Å². The number of hydrogen-bond acceptors (Lipinski definition) is 4. The predicted molar refractivity (Wildman–Crippen MR) is 103 cm³/mol. The van der Waals surface area contributed by atoms with Crippen molar-refractivity contribution in [1.29, 1.82) is 0 Å². The van der Waals surface area contributed by atoms with E-state index in [0.29, 0.717) is 5.82 Å². The Morgan fingerprint density at radius 3 is 2.54 bits per heavy atom. The predicted octanol–water partition coefficient (Wildman–Crippen LogP) is 3.52. The maximum atomic E-state index is 11.2. The van der Waals surface area contributed by atoms with Gasteiger partial charge in [0.15, 0.2) is 5.82 Å². The summed E-state index contributed by atoms with van der Waals surface area (Å²) in [6, 6.07) is 0. The minimum absolute atomic E-state index is 0.533. The van der Waals surface area contributed by atoms with Crippen molar-refractivity contribution >= 4 is 28.0 Å². The summed E-state index contributed by atoms with van der Waals surface area (Å²) in [4.78, 5) is 9.24. The molecule has 2 heterocycles. The number of anilines is 1. The number of nitrogens with zero attached hydrogens (tertiary/aromatic N) is 3. The average molecular weight is 351 g/mol. The quantitative estimate of drug-likeness (QED) is 0.554. The fourth-order valence-electron chi connectivity index (χ4n) is 3.07. The zero-order chi connectivity index (χ0) is 17.7.